The fraction of sp³-hybridized carbons (Fsp3) is 0.684. The van der Waals surface area contributed by atoms with Crippen molar-refractivity contribution in [1.82, 2.24) is 0 Å². The normalized spacial score (nSPS) is 24.8. The molecule has 0 aliphatic carbocycles. The number of anilines is 2. The molecule has 5 heterocycles. The minimum absolute atomic E-state index is 0.214. The van der Waals surface area contributed by atoms with E-state index in [9.17, 15) is 8.78 Å². The van der Waals surface area contributed by atoms with E-state index in [1.807, 2.05) is 95.2 Å². The second kappa shape index (κ2) is 16.2. The van der Waals surface area contributed by atoms with Crippen molar-refractivity contribution in [3.8, 4) is 0 Å². The van der Waals surface area contributed by atoms with Crippen LogP contribution in [0.25, 0.3) is 0 Å². The highest BCUT2D eigenvalue weighted by Crippen LogP contribution is 2.43. The second-order valence-electron chi connectivity index (χ2n) is 17.3. The van der Waals surface area contributed by atoms with Gasteiger partial charge in [0.15, 0.2) is 0 Å². The maximum atomic E-state index is 14.5. The summed E-state index contributed by atoms with van der Waals surface area (Å²) in [4.78, 5) is 4.25. The summed E-state index contributed by atoms with van der Waals surface area (Å²) in [6, 6.07) is 10.5. The quantitative estimate of drug-likeness (QED) is 0.314. The monoisotopic (exact) mass is 820 g/mol. The third kappa shape index (κ3) is 9.51. The molecule has 0 unspecified atom stereocenters. The third-order valence-corrected chi connectivity index (χ3v) is 12.6. The van der Waals surface area contributed by atoms with Crippen LogP contribution in [0.3, 0.4) is 0 Å². The van der Waals surface area contributed by atoms with Crippen LogP contribution >= 0.6 is 15.9 Å². The van der Waals surface area contributed by atoms with Crippen LogP contribution in [0.4, 0.5) is 20.2 Å². The molecular weight excluding hydrogens is 763 g/mol. The molecule has 16 heteroatoms. The number of nitrogens with zero attached hydrogens (tertiary/aromatic N) is 2. The van der Waals surface area contributed by atoms with E-state index >= 15 is 0 Å². The Morgan fingerprint density at radius 3 is 1.19 bits per heavy atom. The smallest absolute Gasteiger partial charge is 0.405 e. The van der Waals surface area contributed by atoms with Crippen LogP contribution in [0, 0.1) is 11.6 Å². The van der Waals surface area contributed by atoms with E-state index in [2.05, 4.69) is 25.7 Å². The van der Waals surface area contributed by atoms with Gasteiger partial charge in [-0.05, 0) is 129 Å². The maximum Gasteiger partial charge on any atom is 0.497 e. The average molecular weight is 821 g/mol. The molecule has 5 aliphatic heterocycles. The van der Waals surface area contributed by atoms with Gasteiger partial charge in [-0.25, -0.2) is 8.78 Å². The number of halogens is 3. The molecule has 5 aliphatic rings. The molecule has 0 N–H and O–H groups in total. The Morgan fingerprint density at radius 2 is 0.833 bits per heavy atom. The Kier molecular flexibility index (Phi) is 13.1. The predicted octanol–water partition coefficient (Wildman–Crippen LogP) is 6.64. The molecule has 0 saturated carbocycles. The first kappa shape index (κ1) is 43.4. The van der Waals surface area contributed by atoms with Crippen LogP contribution in [0.2, 0.25) is 0 Å². The van der Waals surface area contributed by atoms with E-state index in [0.29, 0.717) is 23.1 Å². The van der Waals surface area contributed by atoms with Crippen molar-refractivity contribution < 1.29 is 46.2 Å². The van der Waals surface area contributed by atoms with E-state index in [4.69, 9.17) is 37.4 Å². The number of benzene rings is 2. The number of rotatable bonds is 4. The number of hydrogen-bond acceptors (Lipinski definition) is 10. The molecule has 5 saturated heterocycles. The summed E-state index contributed by atoms with van der Waals surface area (Å²) in [7, 11) is -1.61. The van der Waals surface area contributed by atoms with Gasteiger partial charge in [0.1, 0.15) is 11.6 Å². The fourth-order valence-corrected chi connectivity index (χ4v) is 6.44. The van der Waals surface area contributed by atoms with Gasteiger partial charge in [0.2, 0.25) is 0 Å². The molecule has 0 bridgehead atoms. The molecule has 0 amide bonds. The Balaban J connectivity index is 0.000000160. The van der Waals surface area contributed by atoms with E-state index in [1.54, 1.807) is 24.3 Å². The standard InChI is InChI=1S/C16H23BFNO3.C12H24B2O4.C10H11BrFNO/c1-15(2)16(3,4)22-17(21-15)13-6-5-12(11-14(13)18)19-7-9-20-10-8-19;1-9(2)10(3,4)16-13(15-9)14-17-11(5,6)12(7,8)18-14;11-9-2-1-8(7-10(9)12)13-3-5-14-6-4-13/h5-6,11H,7-10H2,1-4H3;1-8H3;1-2,7H,3-6H2. The zero-order valence-electron chi connectivity index (χ0n) is 34.1. The Bertz CT molecular complexity index is 1520. The van der Waals surface area contributed by atoms with Crippen LogP contribution in [0.1, 0.15) is 83.1 Å². The van der Waals surface area contributed by atoms with Gasteiger partial charge >= 0.3 is 21.1 Å². The van der Waals surface area contributed by atoms with Crippen molar-refractivity contribution in [3.05, 3.63) is 52.5 Å². The lowest BCUT2D eigenvalue weighted by atomic mass is 9.49. The van der Waals surface area contributed by atoms with Crippen molar-refractivity contribution in [1.29, 1.82) is 0 Å². The topological polar surface area (TPSA) is 80.3 Å². The molecule has 0 spiro atoms. The van der Waals surface area contributed by atoms with Crippen molar-refractivity contribution >= 4 is 53.9 Å². The molecule has 2 aromatic rings. The summed E-state index contributed by atoms with van der Waals surface area (Å²) in [6.07, 6.45) is 0. The first-order valence-corrected chi connectivity index (χ1v) is 19.7. The number of ether oxygens (including phenoxy) is 2. The third-order valence-electron chi connectivity index (χ3n) is 11.9. The van der Waals surface area contributed by atoms with Gasteiger partial charge in [-0.2, -0.15) is 0 Å². The van der Waals surface area contributed by atoms with Gasteiger partial charge in [-0.1, -0.05) is 6.07 Å². The minimum atomic E-state index is -0.663. The highest BCUT2D eigenvalue weighted by molar-refractivity contribution is 9.10. The number of morpholine rings is 2. The lowest BCUT2D eigenvalue weighted by Crippen LogP contribution is -2.41. The van der Waals surface area contributed by atoms with E-state index in [0.717, 1.165) is 50.8 Å². The molecule has 54 heavy (non-hydrogen) atoms. The molecule has 2 aromatic carbocycles. The molecular formula is C38H58B3BrF2N2O8. The summed E-state index contributed by atoms with van der Waals surface area (Å²) < 4.78 is 74.5. The minimum Gasteiger partial charge on any atom is -0.405 e. The second-order valence-corrected chi connectivity index (χ2v) is 18.2. The van der Waals surface area contributed by atoms with Crippen molar-refractivity contribution in [3.63, 3.8) is 0 Å². The zero-order valence-corrected chi connectivity index (χ0v) is 35.7. The molecule has 5 fully saturated rings. The molecule has 0 radical (unpaired) electrons. The molecule has 7 rings (SSSR count). The van der Waals surface area contributed by atoms with Crippen LogP contribution in [0.5, 0.6) is 0 Å². The summed E-state index contributed by atoms with van der Waals surface area (Å²) >= 11 is 3.14. The number of hydrogen-bond donors (Lipinski definition) is 0. The van der Waals surface area contributed by atoms with Gasteiger partial charge < -0.3 is 47.2 Å². The lowest BCUT2D eigenvalue weighted by Gasteiger charge is -2.32. The summed E-state index contributed by atoms with van der Waals surface area (Å²) in [5.41, 5.74) is -0.115. The molecule has 298 valence electrons. The van der Waals surface area contributed by atoms with Gasteiger partial charge in [0.25, 0.3) is 0 Å². The van der Waals surface area contributed by atoms with E-state index in [1.165, 1.54) is 0 Å². The molecule has 10 nitrogen and oxygen atoms in total. The van der Waals surface area contributed by atoms with Gasteiger partial charge in [-0.15, -0.1) is 0 Å². The Labute approximate surface area is 330 Å². The average Bonchev–Trinajstić information content (AvgIpc) is 3.56. The first-order valence-electron chi connectivity index (χ1n) is 18.9. The van der Waals surface area contributed by atoms with Crippen LogP contribution < -0.4 is 15.3 Å². The molecule has 0 atom stereocenters. The predicted molar refractivity (Wildman–Crippen MR) is 214 cm³/mol. The lowest BCUT2D eigenvalue weighted by molar-refractivity contribution is 0.00578. The van der Waals surface area contributed by atoms with Crippen molar-refractivity contribution in [2.75, 3.05) is 62.4 Å². The maximum absolute atomic E-state index is 14.5. The highest BCUT2D eigenvalue weighted by Gasteiger charge is 2.63. The van der Waals surface area contributed by atoms with Gasteiger partial charge in [0, 0.05) is 43.0 Å². The van der Waals surface area contributed by atoms with Crippen LogP contribution in [0.15, 0.2) is 40.9 Å². The summed E-state index contributed by atoms with van der Waals surface area (Å²) in [5, 5.41) is 0. The fourth-order valence-electron chi connectivity index (χ4n) is 6.20. The van der Waals surface area contributed by atoms with Crippen molar-refractivity contribution in [2.24, 2.45) is 0 Å². The van der Waals surface area contributed by atoms with Gasteiger partial charge in [-0.3, -0.25) is 0 Å². The highest BCUT2D eigenvalue weighted by atomic mass is 79.9. The van der Waals surface area contributed by atoms with Crippen LogP contribution in [-0.4, -0.2) is 107 Å². The van der Waals surface area contributed by atoms with Crippen LogP contribution in [-0.2, 0) is 37.4 Å². The van der Waals surface area contributed by atoms with E-state index in [-0.39, 0.29) is 34.0 Å². The largest absolute Gasteiger partial charge is 0.497 e. The summed E-state index contributed by atoms with van der Waals surface area (Å²) in [6.45, 7) is 30.1. The first-order chi connectivity index (χ1) is 25.0. The van der Waals surface area contributed by atoms with E-state index < -0.39 is 32.3 Å². The zero-order chi connectivity index (χ0) is 39.9. The Morgan fingerprint density at radius 1 is 0.500 bits per heavy atom. The Hall–Kier alpha value is -1.75. The van der Waals surface area contributed by atoms with Gasteiger partial charge in [0.05, 0.1) is 64.5 Å². The molecule has 0 aromatic heterocycles. The SMILES string of the molecule is CC1(C)OB(B2OC(C)(C)C(C)(C)O2)OC1(C)C.CC1(C)OB(c2ccc(N3CCOCC3)cc2F)OC1(C)C.Fc1cc(N2CCOCC2)ccc1Br. The van der Waals surface area contributed by atoms with Crippen molar-refractivity contribution in [2.45, 2.75) is 117 Å². The summed E-state index contributed by atoms with van der Waals surface area (Å²) in [5.74, 6) is -0.503.